The van der Waals surface area contributed by atoms with Crippen LogP contribution in [-0.4, -0.2) is 25.7 Å². The zero-order valence-corrected chi connectivity index (χ0v) is 13.9. The largest absolute Gasteiger partial charge is 0.298 e. The molecular weight excluding hydrogens is 334 g/mol. The lowest BCUT2D eigenvalue weighted by Crippen LogP contribution is -2.11. The highest BCUT2D eigenvalue weighted by atomic mass is 32.1. The molecule has 0 saturated heterocycles. The Morgan fingerprint density at radius 3 is 2.56 bits per heavy atom. The van der Waals surface area contributed by atoms with Gasteiger partial charge in [-0.2, -0.15) is 5.10 Å². The van der Waals surface area contributed by atoms with E-state index in [-0.39, 0.29) is 5.91 Å². The molecule has 0 radical (unpaired) electrons. The van der Waals surface area contributed by atoms with Gasteiger partial charge in [-0.05, 0) is 24.3 Å². The Morgan fingerprint density at radius 2 is 1.84 bits per heavy atom. The Morgan fingerprint density at radius 1 is 1.04 bits per heavy atom. The average molecular weight is 347 g/mol. The Kier molecular flexibility index (Phi) is 4.05. The van der Waals surface area contributed by atoms with Gasteiger partial charge in [0, 0.05) is 16.5 Å². The maximum absolute atomic E-state index is 12.4. The third kappa shape index (κ3) is 3.31. The highest BCUT2D eigenvalue weighted by molar-refractivity contribution is 7.14. The first-order chi connectivity index (χ1) is 12.3. The Bertz CT molecular complexity index is 978. The lowest BCUT2D eigenvalue weighted by Gasteiger charge is -2.04. The summed E-state index contributed by atoms with van der Waals surface area (Å²) in [5, 5.41) is 9.40. The summed E-state index contributed by atoms with van der Waals surface area (Å²) in [7, 11) is 0. The molecule has 7 heteroatoms. The van der Waals surface area contributed by atoms with E-state index in [1.54, 1.807) is 23.1 Å². The van der Waals surface area contributed by atoms with E-state index in [4.69, 9.17) is 0 Å². The van der Waals surface area contributed by atoms with Crippen LogP contribution in [0.3, 0.4) is 0 Å². The van der Waals surface area contributed by atoms with Crippen LogP contribution in [0.25, 0.3) is 16.9 Å². The Labute approximate surface area is 147 Å². The molecule has 0 aliphatic rings. The number of aromatic nitrogens is 4. The molecule has 1 amide bonds. The van der Waals surface area contributed by atoms with Crippen molar-refractivity contribution in [3.05, 3.63) is 78.2 Å². The number of carbonyl (C=O) groups is 1. The van der Waals surface area contributed by atoms with E-state index in [0.29, 0.717) is 10.7 Å². The molecule has 0 aliphatic carbocycles. The van der Waals surface area contributed by atoms with Gasteiger partial charge in [0.25, 0.3) is 5.91 Å². The van der Waals surface area contributed by atoms with Crippen LogP contribution in [0.15, 0.2) is 72.6 Å². The first-order valence-corrected chi connectivity index (χ1v) is 8.45. The minimum absolute atomic E-state index is 0.195. The van der Waals surface area contributed by atoms with Gasteiger partial charge in [0.15, 0.2) is 5.13 Å². The standard InChI is InChI=1S/C18H13N5OS/c24-17(14-6-8-15(9-7-14)23-12-19-11-20-23)22-18-21-16(10-25-18)13-4-2-1-3-5-13/h1-12H,(H,21,22,24). The van der Waals surface area contributed by atoms with Gasteiger partial charge in [-0.15, -0.1) is 11.3 Å². The lowest BCUT2D eigenvalue weighted by molar-refractivity contribution is 0.102. The van der Waals surface area contributed by atoms with Crippen LogP contribution in [0, 0.1) is 0 Å². The average Bonchev–Trinajstić information content (AvgIpc) is 3.35. The molecule has 4 rings (SSSR count). The van der Waals surface area contributed by atoms with Crippen LogP contribution in [0.5, 0.6) is 0 Å². The van der Waals surface area contributed by atoms with Crippen molar-refractivity contribution < 1.29 is 4.79 Å². The molecule has 2 aromatic heterocycles. The van der Waals surface area contributed by atoms with Crippen molar-refractivity contribution in [3.63, 3.8) is 0 Å². The molecule has 0 spiro atoms. The molecule has 0 fully saturated rings. The van der Waals surface area contributed by atoms with E-state index < -0.39 is 0 Å². The van der Waals surface area contributed by atoms with Crippen molar-refractivity contribution in [2.45, 2.75) is 0 Å². The number of carbonyl (C=O) groups excluding carboxylic acids is 1. The maximum atomic E-state index is 12.4. The minimum atomic E-state index is -0.195. The van der Waals surface area contributed by atoms with Gasteiger partial charge in [-0.3, -0.25) is 10.1 Å². The topological polar surface area (TPSA) is 72.7 Å². The molecular formula is C18H13N5OS. The molecule has 0 saturated carbocycles. The van der Waals surface area contributed by atoms with Gasteiger partial charge < -0.3 is 0 Å². The number of amides is 1. The molecule has 2 aromatic carbocycles. The summed E-state index contributed by atoms with van der Waals surface area (Å²) in [5.74, 6) is -0.195. The van der Waals surface area contributed by atoms with Crippen molar-refractivity contribution in [2.75, 3.05) is 5.32 Å². The number of thiazole rings is 1. The number of benzene rings is 2. The summed E-state index contributed by atoms with van der Waals surface area (Å²) in [5.41, 5.74) is 3.27. The van der Waals surface area contributed by atoms with Crippen molar-refractivity contribution in [3.8, 4) is 16.9 Å². The fourth-order valence-corrected chi connectivity index (χ4v) is 3.06. The molecule has 0 unspecified atom stereocenters. The second kappa shape index (κ2) is 6.66. The van der Waals surface area contributed by atoms with E-state index in [1.165, 1.54) is 17.7 Å². The number of anilines is 1. The van der Waals surface area contributed by atoms with E-state index >= 15 is 0 Å². The van der Waals surface area contributed by atoms with E-state index in [2.05, 4.69) is 20.4 Å². The molecule has 0 bridgehead atoms. The number of rotatable bonds is 4. The predicted molar refractivity (Wildman–Crippen MR) is 96.9 cm³/mol. The summed E-state index contributed by atoms with van der Waals surface area (Å²) in [6.07, 6.45) is 3.07. The number of hydrogen-bond acceptors (Lipinski definition) is 5. The van der Waals surface area contributed by atoms with Crippen LogP contribution in [0.2, 0.25) is 0 Å². The first-order valence-electron chi connectivity index (χ1n) is 7.57. The van der Waals surface area contributed by atoms with Gasteiger partial charge in [0.05, 0.1) is 11.4 Å². The summed E-state index contributed by atoms with van der Waals surface area (Å²) in [6.45, 7) is 0. The van der Waals surface area contributed by atoms with Crippen molar-refractivity contribution in [1.82, 2.24) is 19.7 Å². The van der Waals surface area contributed by atoms with Crippen LogP contribution in [-0.2, 0) is 0 Å². The summed E-state index contributed by atoms with van der Waals surface area (Å²) >= 11 is 1.40. The van der Waals surface area contributed by atoms with Crippen molar-refractivity contribution in [2.24, 2.45) is 0 Å². The highest BCUT2D eigenvalue weighted by Gasteiger charge is 2.10. The van der Waals surface area contributed by atoms with E-state index in [0.717, 1.165) is 16.9 Å². The SMILES string of the molecule is O=C(Nc1nc(-c2ccccc2)cs1)c1ccc(-n2cncn2)cc1. The summed E-state index contributed by atoms with van der Waals surface area (Å²) in [4.78, 5) is 20.8. The lowest BCUT2D eigenvalue weighted by atomic mass is 10.2. The normalized spacial score (nSPS) is 10.6. The Hall–Kier alpha value is -3.32. The zero-order valence-electron chi connectivity index (χ0n) is 13.0. The minimum Gasteiger partial charge on any atom is -0.298 e. The molecule has 0 aliphatic heterocycles. The van der Waals surface area contributed by atoms with Crippen molar-refractivity contribution in [1.29, 1.82) is 0 Å². The Balaban J connectivity index is 1.48. The van der Waals surface area contributed by atoms with Gasteiger partial charge in [-0.25, -0.2) is 14.6 Å². The second-order valence-electron chi connectivity index (χ2n) is 5.24. The van der Waals surface area contributed by atoms with Crippen molar-refractivity contribution >= 4 is 22.4 Å². The maximum Gasteiger partial charge on any atom is 0.257 e. The molecule has 2 heterocycles. The highest BCUT2D eigenvalue weighted by Crippen LogP contribution is 2.25. The third-order valence-corrected chi connectivity index (χ3v) is 4.36. The predicted octanol–water partition coefficient (Wildman–Crippen LogP) is 3.64. The number of nitrogens with one attached hydrogen (secondary N) is 1. The smallest absolute Gasteiger partial charge is 0.257 e. The molecule has 1 N–H and O–H groups in total. The van der Waals surface area contributed by atoms with Crippen LogP contribution in [0.1, 0.15) is 10.4 Å². The molecule has 6 nitrogen and oxygen atoms in total. The fraction of sp³-hybridized carbons (Fsp3) is 0. The zero-order chi connectivity index (χ0) is 17.1. The van der Waals surface area contributed by atoms with Gasteiger partial charge >= 0.3 is 0 Å². The van der Waals surface area contributed by atoms with Crippen LogP contribution in [0.4, 0.5) is 5.13 Å². The number of hydrogen-bond donors (Lipinski definition) is 1. The number of nitrogens with zero attached hydrogens (tertiary/aromatic N) is 4. The summed E-state index contributed by atoms with van der Waals surface area (Å²) in [6, 6.07) is 17.0. The van der Waals surface area contributed by atoms with E-state index in [9.17, 15) is 4.79 Å². The quantitative estimate of drug-likeness (QED) is 0.612. The molecule has 0 atom stereocenters. The monoisotopic (exact) mass is 347 g/mol. The van der Waals surface area contributed by atoms with Crippen LogP contribution >= 0.6 is 11.3 Å². The molecule has 4 aromatic rings. The first kappa shape index (κ1) is 15.2. The summed E-state index contributed by atoms with van der Waals surface area (Å²) < 4.78 is 1.63. The third-order valence-electron chi connectivity index (χ3n) is 3.61. The molecule has 25 heavy (non-hydrogen) atoms. The fourth-order valence-electron chi connectivity index (χ4n) is 2.35. The van der Waals surface area contributed by atoms with Gasteiger partial charge in [0.2, 0.25) is 0 Å². The second-order valence-corrected chi connectivity index (χ2v) is 6.10. The van der Waals surface area contributed by atoms with Crippen LogP contribution < -0.4 is 5.32 Å². The van der Waals surface area contributed by atoms with Gasteiger partial charge in [0.1, 0.15) is 12.7 Å². The van der Waals surface area contributed by atoms with E-state index in [1.807, 2.05) is 47.8 Å². The molecule has 122 valence electrons. The van der Waals surface area contributed by atoms with Gasteiger partial charge in [-0.1, -0.05) is 30.3 Å².